The van der Waals surface area contributed by atoms with E-state index in [1.807, 2.05) is 4.90 Å². The standard InChI is InChI=1S/C20H18BrN3O5/c21-18-9-15(13-25)19(24(26)27)10-20(18)23-5-4-17(12-23)29-7-6-28-16-3-1-2-14(8-16)11-22/h1-3,8-10,13,17H,4-7,12H2. The largest absolute Gasteiger partial charge is 0.491 e. The van der Waals surface area contributed by atoms with Crippen LogP contribution in [0.5, 0.6) is 5.75 Å². The highest BCUT2D eigenvalue weighted by atomic mass is 79.9. The van der Waals surface area contributed by atoms with Crippen LogP contribution in [0.3, 0.4) is 0 Å². The number of hydrogen-bond donors (Lipinski definition) is 0. The molecular formula is C20H18BrN3O5. The number of nitrogens with zero attached hydrogens (tertiary/aromatic N) is 3. The summed E-state index contributed by atoms with van der Waals surface area (Å²) in [7, 11) is 0. The summed E-state index contributed by atoms with van der Waals surface area (Å²) in [6.07, 6.45) is 1.23. The van der Waals surface area contributed by atoms with Gasteiger partial charge in [-0.15, -0.1) is 0 Å². The van der Waals surface area contributed by atoms with Crippen LogP contribution >= 0.6 is 15.9 Å². The Kier molecular flexibility index (Phi) is 6.80. The SMILES string of the molecule is N#Cc1cccc(OCCOC2CCN(c3cc([N+](=O)[O-])c(C=O)cc3Br)C2)c1. The molecule has 0 spiro atoms. The maximum absolute atomic E-state index is 11.2. The Hall–Kier alpha value is -2.96. The van der Waals surface area contributed by atoms with Crippen LogP contribution in [-0.4, -0.2) is 43.6 Å². The second-order valence-electron chi connectivity index (χ2n) is 6.45. The zero-order valence-corrected chi connectivity index (χ0v) is 17.0. The van der Waals surface area contributed by atoms with E-state index in [0.29, 0.717) is 54.1 Å². The van der Waals surface area contributed by atoms with E-state index in [1.165, 1.54) is 12.1 Å². The lowest BCUT2D eigenvalue weighted by molar-refractivity contribution is -0.385. The fraction of sp³-hybridized carbons (Fsp3) is 0.300. The molecule has 2 aromatic rings. The van der Waals surface area contributed by atoms with Gasteiger partial charge in [-0.1, -0.05) is 6.07 Å². The van der Waals surface area contributed by atoms with Crippen LogP contribution in [0.2, 0.25) is 0 Å². The van der Waals surface area contributed by atoms with E-state index in [1.54, 1.807) is 24.3 Å². The summed E-state index contributed by atoms with van der Waals surface area (Å²) in [6.45, 7) is 2.02. The second kappa shape index (κ2) is 9.49. The summed E-state index contributed by atoms with van der Waals surface area (Å²) < 4.78 is 12.1. The van der Waals surface area contributed by atoms with Gasteiger partial charge in [-0.2, -0.15) is 5.26 Å². The Labute approximate surface area is 175 Å². The minimum atomic E-state index is -0.553. The van der Waals surface area contributed by atoms with Crippen LogP contribution in [0.15, 0.2) is 40.9 Å². The lowest BCUT2D eigenvalue weighted by Gasteiger charge is -2.20. The molecule has 0 amide bonds. The molecule has 0 N–H and O–H groups in total. The van der Waals surface area contributed by atoms with Crippen molar-refractivity contribution in [2.24, 2.45) is 0 Å². The predicted molar refractivity (Wildman–Crippen MR) is 109 cm³/mol. The van der Waals surface area contributed by atoms with Crippen molar-refractivity contribution in [3.8, 4) is 11.8 Å². The highest BCUT2D eigenvalue weighted by Crippen LogP contribution is 2.35. The molecule has 0 radical (unpaired) electrons. The number of hydrogen-bond acceptors (Lipinski definition) is 7. The van der Waals surface area contributed by atoms with Crippen molar-refractivity contribution in [1.29, 1.82) is 5.26 Å². The third-order valence-corrected chi connectivity index (χ3v) is 5.21. The molecule has 1 unspecified atom stereocenters. The van der Waals surface area contributed by atoms with Crippen molar-refractivity contribution in [3.63, 3.8) is 0 Å². The zero-order chi connectivity index (χ0) is 20.8. The maximum atomic E-state index is 11.2. The van der Waals surface area contributed by atoms with Gasteiger partial charge in [0.15, 0.2) is 6.29 Å². The van der Waals surface area contributed by atoms with Crippen LogP contribution < -0.4 is 9.64 Å². The Morgan fingerprint density at radius 1 is 1.34 bits per heavy atom. The van der Waals surface area contributed by atoms with Gasteiger partial charge in [0, 0.05) is 23.6 Å². The minimum Gasteiger partial charge on any atom is -0.491 e. The second-order valence-corrected chi connectivity index (χ2v) is 7.31. The van der Waals surface area contributed by atoms with E-state index >= 15 is 0 Å². The summed E-state index contributed by atoms with van der Waals surface area (Å²) in [5, 5.41) is 20.1. The summed E-state index contributed by atoms with van der Waals surface area (Å²) >= 11 is 3.40. The third-order valence-electron chi connectivity index (χ3n) is 4.57. The number of carbonyl (C=O) groups excluding carboxylic acids is 1. The number of anilines is 1. The van der Waals surface area contributed by atoms with Gasteiger partial charge in [-0.25, -0.2) is 0 Å². The Morgan fingerprint density at radius 2 is 2.17 bits per heavy atom. The quantitative estimate of drug-likeness (QED) is 0.256. The molecule has 1 aliphatic rings. The molecule has 9 heteroatoms. The monoisotopic (exact) mass is 459 g/mol. The molecule has 0 bridgehead atoms. The van der Waals surface area contributed by atoms with Crippen molar-refractivity contribution in [2.45, 2.75) is 12.5 Å². The molecule has 3 rings (SSSR count). The number of nitro benzene ring substituents is 1. The molecule has 0 aromatic heterocycles. The molecule has 1 aliphatic heterocycles. The molecule has 0 aliphatic carbocycles. The molecule has 1 fully saturated rings. The van der Waals surface area contributed by atoms with Gasteiger partial charge >= 0.3 is 0 Å². The van der Waals surface area contributed by atoms with Gasteiger partial charge in [-0.05, 0) is 46.6 Å². The topological polar surface area (TPSA) is 106 Å². The van der Waals surface area contributed by atoms with Crippen LogP contribution in [0.25, 0.3) is 0 Å². The van der Waals surface area contributed by atoms with Crippen molar-refractivity contribution in [3.05, 3.63) is 62.1 Å². The molecule has 29 heavy (non-hydrogen) atoms. The first-order valence-electron chi connectivity index (χ1n) is 8.94. The van der Waals surface area contributed by atoms with Gasteiger partial charge < -0.3 is 14.4 Å². The van der Waals surface area contributed by atoms with E-state index in [0.717, 1.165) is 6.42 Å². The van der Waals surface area contributed by atoms with E-state index < -0.39 is 4.92 Å². The molecule has 1 heterocycles. The first-order valence-corrected chi connectivity index (χ1v) is 9.73. The first kappa shape index (κ1) is 20.8. The number of ether oxygens (including phenoxy) is 2. The fourth-order valence-electron chi connectivity index (χ4n) is 3.17. The highest BCUT2D eigenvalue weighted by molar-refractivity contribution is 9.10. The number of nitriles is 1. The van der Waals surface area contributed by atoms with Gasteiger partial charge in [0.1, 0.15) is 12.4 Å². The number of halogens is 1. The van der Waals surface area contributed by atoms with Gasteiger partial charge in [0.2, 0.25) is 0 Å². The van der Waals surface area contributed by atoms with Gasteiger partial charge in [0.25, 0.3) is 5.69 Å². The number of aldehydes is 1. The summed E-state index contributed by atoms with van der Waals surface area (Å²) in [6, 6.07) is 11.9. The van der Waals surface area contributed by atoms with Crippen LogP contribution in [0.4, 0.5) is 11.4 Å². The number of benzene rings is 2. The molecule has 8 nitrogen and oxygen atoms in total. The van der Waals surface area contributed by atoms with Crippen molar-refractivity contribution >= 4 is 33.6 Å². The minimum absolute atomic E-state index is 0.0271. The molecule has 1 saturated heterocycles. The molecule has 150 valence electrons. The number of carbonyl (C=O) groups is 1. The van der Waals surface area contributed by atoms with Crippen LogP contribution in [0, 0.1) is 21.4 Å². The lowest BCUT2D eigenvalue weighted by Crippen LogP contribution is -2.24. The van der Waals surface area contributed by atoms with E-state index in [2.05, 4.69) is 22.0 Å². The smallest absolute Gasteiger partial charge is 0.282 e. The van der Waals surface area contributed by atoms with Crippen LogP contribution in [0.1, 0.15) is 22.3 Å². The van der Waals surface area contributed by atoms with Crippen molar-refractivity contribution < 1.29 is 19.2 Å². The van der Waals surface area contributed by atoms with Gasteiger partial charge in [-0.3, -0.25) is 14.9 Å². The normalized spacial score (nSPS) is 15.7. The predicted octanol–water partition coefficient (Wildman–Crippen LogP) is 3.72. The summed E-state index contributed by atoms with van der Waals surface area (Å²) in [5.41, 5.74) is 1.03. The maximum Gasteiger partial charge on any atom is 0.282 e. The highest BCUT2D eigenvalue weighted by Gasteiger charge is 2.27. The average Bonchev–Trinajstić information content (AvgIpc) is 3.19. The fourth-order valence-corrected chi connectivity index (χ4v) is 3.79. The van der Waals surface area contributed by atoms with E-state index in [-0.39, 0.29) is 17.4 Å². The molecule has 0 saturated carbocycles. The Bertz CT molecular complexity index is 960. The third kappa shape index (κ3) is 5.10. The van der Waals surface area contributed by atoms with E-state index in [9.17, 15) is 14.9 Å². The molecule has 1 atom stereocenters. The first-order chi connectivity index (χ1) is 14.0. The lowest BCUT2D eigenvalue weighted by atomic mass is 10.1. The van der Waals surface area contributed by atoms with Crippen molar-refractivity contribution in [1.82, 2.24) is 0 Å². The van der Waals surface area contributed by atoms with Gasteiger partial charge in [0.05, 0.1) is 40.5 Å². The van der Waals surface area contributed by atoms with Crippen LogP contribution in [-0.2, 0) is 4.74 Å². The molecule has 2 aromatic carbocycles. The van der Waals surface area contributed by atoms with Crippen molar-refractivity contribution in [2.75, 3.05) is 31.2 Å². The molecular weight excluding hydrogens is 442 g/mol. The van der Waals surface area contributed by atoms with E-state index in [4.69, 9.17) is 14.7 Å². The summed E-state index contributed by atoms with van der Waals surface area (Å²) in [5.74, 6) is 0.618. The number of rotatable bonds is 8. The zero-order valence-electron chi connectivity index (χ0n) is 15.4. The Balaban J connectivity index is 1.54. The number of nitro groups is 1. The Morgan fingerprint density at radius 3 is 2.90 bits per heavy atom. The summed E-state index contributed by atoms with van der Waals surface area (Å²) in [4.78, 5) is 23.7. The average molecular weight is 460 g/mol.